The summed E-state index contributed by atoms with van der Waals surface area (Å²) in [5, 5.41) is 13.4. The molecule has 3 fully saturated rings. The minimum atomic E-state index is -1.16. The Bertz CT molecular complexity index is 1910. The van der Waals surface area contributed by atoms with Crippen molar-refractivity contribution >= 4 is 18.0 Å². The van der Waals surface area contributed by atoms with Crippen molar-refractivity contribution in [3.8, 4) is 22.6 Å². The predicted octanol–water partition coefficient (Wildman–Crippen LogP) is 10.0. The molecule has 8 rings (SSSR count). The first-order valence-corrected chi connectivity index (χ1v) is 18.1. The molecule has 5 heteroatoms. The zero-order valence-corrected chi connectivity index (χ0v) is 28.7. The molecular weight excluding hydrogens is 597 g/mol. The highest BCUT2D eigenvalue weighted by Crippen LogP contribution is 2.69. The van der Waals surface area contributed by atoms with E-state index < -0.39 is 5.60 Å². The number of nitrogens with zero attached hydrogens (tertiary/aromatic N) is 2. The standard InChI is InChI=1S/C42H46N2O2S/c1-40-25-23-32(45)27-29(40)19-20-33-34-21-22-36(41(34,2)26-24-35(33)40)42(3,46)38-37(28-13-7-4-8-14-28)43(30-15-9-5-10-16-30)39(47)44(38)31-17-11-6-12-18-31/h4-18,27,33-36,46H,19-26H2,1-3H3/t33-,34-,35-,36-,40-,41-,42?/m0/s1. The molecule has 3 aromatic carbocycles. The smallest absolute Gasteiger partial charge is 0.189 e. The van der Waals surface area contributed by atoms with Gasteiger partial charge in [-0.1, -0.05) is 86.2 Å². The van der Waals surface area contributed by atoms with E-state index in [1.807, 2.05) is 24.3 Å². The van der Waals surface area contributed by atoms with Gasteiger partial charge in [-0.2, -0.15) is 0 Å². The fraction of sp³-hybridized carbons (Fsp3) is 0.429. The van der Waals surface area contributed by atoms with Crippen LogP contribution in [0.25, 0.3) is 22.6 Å². The Kier molecular flexibility index (Phi) is 7.38. The SMILES string of the molecule is CC(O)(c1c(-c2ccccc2)n(-c2ccccc2)c(=S)n1-c1ccccc1)[C@H]1CC[C@H]2[C@@H]3CCC4=CC(=O)CC[C@]4(C)[C@H]3CC[C@]12C. The van der Waals surface area contributed by atoms with Crippen LogP contribution in [0.1, 0.15) is 77.8 Å². The molecule has 4 nitrogen and oxygen atoms in total. The number of allylic oxidation sites excluding steroid dienone is 1. The third-order valence-electron chi connectivity index (χ3n) is 13.3. The first-order chi connectivity index (χ1) is 22.6. The van der Waals surface area contributed by atoms with Crippen LogP contribution in [0, 0.1) is 39.3 Å². The lowest BCUT2D eigenvalue weighted by molar-refractivity contribution is -0.121. The van der Waals surface area contributed by atoms with Gasteiger partial charge in [0, 0.05) is 23.4 Å². The number of para-hydroxylation sites is 2. The van der Waals surface area contributed by atoms with Crippen molar-refractivity contribution in [3.05, 3.63) is 113 Å². The number of imidazole rings is 1. The molecule has 242 valence electrons. The number of aromatic nitrogens is 2. The second kappa shape index (κ2) is 11.3. The minimum Gasteiger partial charge on any atom is -0.384 e. The summed E-state index contributed by atoms with van der Waals surface area (Å²) in [6.07, 6.45) is 10.3. The lowest BCUT2D eigenvalue weighted by Gasteiger charge is -2.59. The maximum atomic E-state index is 13.4. The lowest BCUT2D eigenvalue weighted by Crippen LogP contribution is -2.52. The number of ketones is 1. The maximum Gasteiger partial charge on any atom is 0.189 e. The summed E-state index contributed by atoms with van der Waals surface area (Å²) in [6.45, 7) is 7.04. The molecule has 0 radical (unpaired) electrons. The van der Waals surface area contributed by atoms with E-state index in [9.17, 15) is 9.90 Å². The van der Waals surface area contributed by atoms with Crippen molar-refractivity contribution in [1.82, 2.24) is 9.13 Å². The second-order valence-corrected chi connectivity index (χ2v) is 15.8. The van der Waals surface area contributed by atoms with Crippen LogP contribution >= 0.6 is 12.2 Å². The van der Waals surface area contributed by atoms with Gasteiger partial charge in [0.2, 0.25) is 0 Å². The molecule has 4 aliphatic rings. The molecule has 4 aromatic rings. The Morgan fingerprint density at radius 3 is 2.04 bits per heavy atom. The number of carbonyl (C=O) groups excluding carboxylic acids is 1. The number of hydrogen-bond donors (Lipinski definition) is 1. The largest absolute Gasteiger partial charge is 0.384 e. The van der Waals surface area contributed by atoms with E-state index in [4.69, 9.17) is 12.2 Å². The molecule has 1 heterocycles. The van der Waals surface area contributed by atoms with Crippen molar-refractivity contribution in [1.29, 1.82) is 0 Å². The van der Waals surface area contributed by atoms with Crippen LogP contribution in [0.3, 0.4) is 0 Å². The Labute approximate surface area is 284 Å². The van der Waals surface area contributed by atoms with Gasteiger partial charge >= 0.3 is 0 Å². The summed E-state index contributed by atoms with van der Waals surface area (Å²) in [4.78, 5) is 12.4. The van der Waals surface area contributed by atoms with Crippen LogP contribution in [0.15, 0.2) is 103 Å². The minimum absolute atomic E-state index is 0.00826. The zero-order chi connectivity index (χ0) is 32.6. The number of carbonyl (C=O) groups is 1. The molecule has 4 aliphatic carbocycles. The van der Waals surface area contributed by atoms with Crippen LogP contribution in [0.2, 0.25) is 0 Å². The molecule has 0 amide bonds. The van der Waals surface area contributed by atoms with Crippen molar-refractivity contribution in [2.75, 3.05) is 0 Å². The maximum absolute atomic E-state index is 13.4. The molecule has 47 heavy (non-hydrogen) atoms. The normalized spacial score (nSPS) is 31.3. The van der Waals surface area contributed by atoms with Gasteiger partial charge in [-0.15, -0.1) is 0 Å². The summed E-state index contributed by atoms with van der Waals surface area (Å²) in [5.74, 6) is 2.18. The van der Waals surface area contributed by atoms with Gasteiger partial charge in [0.25, 0.3) is 0 Å². The van der Waals surface area contributed by atoms with Gasteiger partial charge in [-0.3, -0.25) is 13.9 Å². The summed E-state index contributed by atoms with van der Waals surface area (Å²) >= 11 is 6.39. The Morgan fingerprint density at radius 1 is 0.766 bits per heavy atom. The Morgan fingerprint density at radius 2 is 1.38 bits per heavy atom. The molecule has 7 atom stereocenters. The van der Waals surface area contributed by atoms with Gasteiger partial charge in [0.15, 0.2) is 10.6 Å². The van der Waals surface area contributed by atoms with E-state index in [1.54, 1.807) is 0 Å². The van der Waals surface area contributed by atoms with Gasteiger partial charge < -0.3 is 5.11 Å². The summed E-state index contributed by atoms with van der Waals surface area (Å²) < 4.78 is 4.99. The number of hydrogen-bond acceptors (Lipinski definition) is 3. The average Bonchev–Trinajstić information content (AvgIpc) is 3.61. The number of aliphatic hydroxyl groups is 1. The van der Waals surface area contributed by atoms with E-state index in [1.165, 1.54) is 5.57 Å². The van der Waals surface area contributed by atoms with Crippen molar-refractivity contribution < 1.29 is 9.90 Å². The highest BCUT2D eigenvalue weighted by molar-refractivity contribution is 7.71. The van der Waals surface area contributed by atoms with E-state index >= 15 is 0 Å². The predicted molar refractivity (Wildman–Crippen MR) is 191 cm³/mol. The third-order valence-corrected chi connectivity index (χ3v) is 13.6. The highest BCUT2D eigenvalue weighted by atomic mass is 32.1. The van der Waals surface area contributed by atoms with E-state index in [0.29, 0.717) is 34.7 Å². The molecule has 1 N–H and O–H groups in total. The van der Waals surface area contributed by atoms with Crippen LogP contribution in [0.5, 0.6) is 0 Å². The van der Waals surface area contributed by atoms with Crippen LogP contribution in [-0.4, -0.2) is 20.0 Å². The molecule has 0 bridgehead atoms. The zero-order valence-electron chi connectivity index (χ0n) is 27.9. The first kappa shape index (κ1) is 30.8. The summed E-state index contributed by atoms with van der Waals surface area (Å²) in [5.41, 5.74) is 5.22. The first-order valence-electron chi connectivity index (χ1n) is 17.7. The van der Waals surface area contributed by atoms with Crippen LogP contribution in [0.4, 0.5) is 0 Å². The molecule has 1 unspecified atom stereocenters. The third kappa shape index (κ3) is 4.63. The second-order valence-electron chi connectivity index (χ2n) is 15.5. The molecular formula is C42H46N2O2S. The van der Waals surface area contributed by atoms with E-state index in [-0.39, 0.29) is 16.7 Å². The topological polar surface area (TPSA) is 47.2 Å². The summed E-state index contributed by atoms with van der Waals surface area (Å²) in [6, 6.07) is 31.2. The van der Waals surface area contributed by atoms with E-state index in [2.05, 4.69) is 103 Å². The number of fused-ring (bicyclic) bond motifs is 5. The highest BCUT2D eigenvalue weighted by Gasteiger charge is 2.62. The number of benzene rings is 3. The molecule has 3 saturated carbocycles. The van der Waals surface area contributed by atoms with E-state index in [0.717, 1.165) is 73.3 Å². The average molecular weight is 643 g/mol. The van der Waals surface area contributed by atoms with Gasteiger partial charge in [0.05, 0.1) is 11.4 Å². The van der Waals surface area contributed by atoms with Crippen LogP contribution in [-0.2, 0) is 10.4 Å². The molecule has 0 spiro atoms. The fourth-order valence-electron chi connectivity index (χ4n) is 11.1. The Balaban J connectivity index is 1.29. The number of rotatable bonds is 5. The van der Waals surface area contributed by atoms with Crippen molar-refractivity contribution in [2.45, 2.75) is 77.7 Å². The quantitative estimate of drug-likeness (QED) is 0.221. The van der Waals surface area contributed by atoms with Crippen LogP contribution < -0.4 is 0 Å². The molecule has 1 aromatic heterocycles. The monoisotopic (exact) mass is 642 g/mol. The van der Waals surface area contributed by atoms with Crippen molar-refractivity contribution in [2.24, 2.45) is 34.5 Å². The summed E-state index contributed by atoms with van der Waals surface area (Å²) in [7, 11) is 0. The molecule has 0 saturated heterocycles. The van der Waals surface area contributed by atoms with Gasteiger partial charge in [-0.05, 0) is 129 Å². The van der Waals surface area contributed by atoms with Gasteiger partial charge in [-0.25, -0.2) is 0 Å². The molecule has 0 aliphatic heterocycles. The Hall–Kier alpha value is -3.54. The fourth-order valence-corrected chi connectivity index (χ4v) is 11.5. The lowest BCUT2D eigenvalue weighted by atomic mass is 9.46. The van der Waals surface area contributed by atoms with Gasteiger partial charge in [0.1, 0.15) is 5.60 Å². The van der Waals surface area contributed by atoms with Crippen molar-refractivity contribution in [3.63, 3.8) is 0 Å².